The van der Waals surface area contributed by atoms with E-state index in [1.807, 2.05) is 12.1 Å². The number of hydrogen-bond donors (Lipinski definition) is 1. The second kappa shape index (κ2) is 6.71. The predicted molar refractivity (Wildman–Crippen MR) is 74.9 cm³/mol. The van der Waals surface area contributed by atoms with Gasteiger partial charge in [-0.15, -0.1) is 0 Å². The Hall–Kier alpha value is -1.13. The lowest BCUT2D eigenvalue weighted by Gasteiger charge is -2.32. The first-order chi connectivity index (χ1) is 8.45. The molecule has 0 aliphatic heterocycles. The van der Waals surface area contributed by atoms with Gasteiger partial charge in [0.2, 0.25) is 0 Å². The molecule has 4 nitrogen and oxygen atoms in total. The molecule has 0 spiro atoms. The molecular formula is C14H25N3O. The summed E-state index contributed by atoms with van der Waals surface area (Å²) in [6.45, 7) is 8.79. The van der Waals surface area contributed by atoms with Crippen molar-refractivity contribution in [1.29, 1.82) is 0 Å². The van der Waals surface area contributed by atoms with Crippen molar-refractivity contribution in [3.8, 4) is 5.75 Å². The maximum absolute atomic E-state index is 5.84. The molecule has 0 bridgehead atoms. The first-order valence-corrected chi connectivity index (χ1v) is 6.41. The summed E-state index contributed by atoms with van der Waals surface area (Å²) < 4.78 is 5.84. The van der Waals surface area contributed by atoms with E-state index in [4.69, 9.17) is 4.74 Å². The number of likely N-dealkylation sites (N-methyl/N-ethyl adjacent to an activating group) is 1. The van der Waals surface area contributed by atoms with Crippen molar-refractivity contribution in [1.82, 2.24) is 15.2 Å². The maximum atomic E-state index is 5.84. The van der Waals surface area contributed by atoms with Crippen molar-refractivity contribution < 1.29 is 4.74 Å². The Morgan fingerprint density at radius 3 is 2.72 bits per heavy atom. The Labute approximate surface area is 110 Å². The summed E-state index contributed by atoms with van der Waals surface area (Å²) in [4.78, 5) is 6.46. The first kappa shape index (κ1) is 14.9. The molecule has 0 atom stereocenters. The van der Waals surface area contributed by atoms with Crippen LogP contribution in [0.2, 0.25) is 0 Å². The molecule has 0 unspecified atom stereocenters. The molecule has 0 radical (unpaired) electrons. The standard InChI is InChI=1S/C14H25N3O/c1-6-15-10-12-9-13(7-8-16-12)18-11-14(2,3)17(4)5/h7-9,15H,6,10-11H2,1-5H3. The molecular weight excluding hydrogens is 226 g/mol. The largest absolute Gasteiger partial charge is 0.492 e. The Bertz CT molecular complexity index is 364. The van der Waals surface area contributed by atoms with Gasteiger partial charge in [0.25, 0.3) is 0 Å². The molecule has 1 aromatic heterocycles. The van der Waals surface area contributed by atoms with Gasteiger partial charge in [0.05, 0.1) is 5.69 Å². The van der Waals surface area contributed by atoms with Crippen LogP contribution in [0.4, 0.5) is 0 Å². The van der Waals surface area contributed by atoms with E-state index in [9.17, 15) is 0 Å². The fraction of sp³-hybridized carbons (Fsp3) is 0.643. The molecule has 0 aliphatic rings. The monoisotopic (exact) mass is 251 g/mol. The molecule has 102 valence electrons. The van der Waals surface area contributed by atoms with Crippen LogP contribution in [0.5, 0.6) is 5.75 Å². The Kier molecular flexibility index (Phi) is 5.56. The molecule has 0 aromatic carbocycles. The number of nitrogens with one attached hydrogen (secondary N) is 1. The fourth-order valence-electron chi connectivity index (χ4n) is 1.28. The Balaban J connectivity index is 2.57. The van der Waals surface area contributed by atoms with Crippen LogP contribution in [0.15, 0.2) is 18.3 Å². The van der Waals surface area contributed by atoms with E-state index in [2.05, 4.69) is 50.1 Å². The SMILES string of the molecule is CCNCc1cc(OCC(C)(C)N(C)C)ccn1. The van der Waals surface area contributed by atoms with Gasteiger partial charge in [-0.25, -0.2) is 0 Å². The van der Waals surface area contributed by atoms with E-state index < -0.39 is 0 Å². The number of ether oxygens (including phenoxy) is 1. The fourth-order valence-corrected chi connectivity index (χ4v) is 1.28. The van der Waals surface area contributed by atoms with Gasteiger partial charge in [-0.2, -0.15) is 0 Å². The van der Waals surface area contributed by atoms with Crippen LogP contribution >= 0.6 is 0 Å². The quantitative estimate of drug-likeness (QED) is 0.803. The minimum Gasteiger partial charge on any atom is -0.492 e. The van der Waals surface area contributed by atoms with E-state index in [0.29, 0.717) is 6.61 Å². The molecule has 1 heterocycles. The van der Waals surface area contributed by atoms with Crippen LogP contribution in [-0.4, -0.2) is 42.7 Å². The van der Waals surface area contributed by atoms with Gasteiger partial charge in [0.15, 0.2) is 0 Å². The summed E-state index contributed by atoms with van der Waals surface area (Å²) >= 11 is 0. The zero-order chi connectivity index (χ0) is 13.6. The molecule has 1 rings (SSSR count). The average Bonchev–Trinajstić information content (AvgIpc) is 2.34. The predicted octanol–water partition coefficient (Wildman–Crippen LogP) is 1.91. The molecule has 0 fully saturated rings. The van der Waals surface area contributed by atoms with Crippen molar-refractivity contribution in [2.45, 2.75) is 32.9 Å². The van der Waals surface area contributed by atoms with Crippen LogP contribution in [0.25, 0.3) is 0 Å². The minimum atomic E-state index is 0.0190. The molecule has 0 saturated heterocycles. The normalized spacial score (nSPS) is 11.9. The lowest BCUT2D eigenvalue weighted by Crippen LogP contribution is -2.43. The van der Waals surface area contributed by atoms with E-state index >= 15 is 0 Å². The zero-order valence-electron chi connectivity index (χ0n) is 12.2. The lowest BCUT2D eigenvalue weighted by molar-refractivity contribution is 0.114. The topological polar surface area (TPSA) is 37.4 Å². The highest BCUT2D eigenvalue weighted by atomic mass is 16.5. The molecule has 4 heteroatoms. The van der Waals surface area contributed by atoms with Crippen LogP contribution in [0, 0.1) is 0 Å². The van der Waals surface area contributed by atoms with Crippen LogP contribution in [-0.2, 0) is 6.54 Å². The number of pyridine rings is 1. The number of rotatable bonds is 7. The molecule has 1 aromatic rings. The summed E-state index contributed by atoms with van der Waals surface area (Å²) in [7, 11) is 4.12. The highest BCUT2D eigenvalue weighted by Gasteiger charge is 2.21. The summed E-state index contributed by atoms with van der Waals surface area (Å²) in [5.74, 6) is 0.882. The van der Waals surface area contributed by atoms with E-state index in [0.717, 1.165) is 24.5 Å². The molecule has 0 aliphatic carbocycles. The lowest BCUT2D eigenvalue weighted by atomic mass is 10.1. The van der Waals surface area contributed by atoms with Crippen LogP contribution < -0.4 is 10.1 Å². The summed E-state index contributed by atoms with van der Waals surface area (Å²) in [6.07, 6.45) is 1.80. The van der Waals surface area contributed by atoms with Gasteiger partial charge in [0.1, 0.15) is 12.4 Å². The third-order valence-electron chi connectivity index (χ3n) is 3.15. The van der Waals surface area contributed by atoms with Gasteiger partial charge in [-0.3, -0.25) is 4.98 Å². The third kappa shape index (κ3) is 4.63. The highest BCUT2D eigenvalue weighted by Crippen LogP contribution is 2.16. The van der Waals surface area contributed by atoms with E-state index in [1.54, 1.807) is 6.20 Å². The van der Waals surface area contributed by atoms with E-state index in [1.165, 1.54) is 0 Å². The van der Waals surface area contributed by atoms with Crippen molar-refractivity contribution in [3.05, 3.63) is 24.0 Å². The zero-order valence-corrected chi connectivity index (χ0v) is 12.2. The van der Waals surface area contributed by atoms with Gasteiger partial charge < -0.3 is 15.0 Å². The molecule has 1 N–H and O–H groups in total. The minimum absolute atomic E-state index is 0.0190. The number of hydrogen-bond acceptors (Lipinski definition) is 4. The van der Waals surface area contributed by atoms with Crippen LogP contribution in [0.3, 0.4) is 0 Å². The molecule has 0 saturated carbocycles. The van der Waals surface area contributed by atoms with Gasteiger partial charge in [-0.1, -0.05) is 6.92 Å². The summed E-state index contributed by atoms with van der Waals surface area (Å²) in [6, 6.07) is 3.90. The van der Waals surface area contributed by atoms with Crippen molar-refractivity contribution in [2.24, 2.45) is 0 Å². The average molecular weight is 251 g/mol. The van der Waals surface area contributed by atoms with Gasteiger partial charge in [-0.05, 0) is 40.6 Å². The van der Waals surface area contributed by atoms with Crippen molar-refractivity contribution in [3.63, 3.8) is 0 Å². The smallest absolute Gasteiger partial charge is 0.122 e. The van der Waals surface area contributed by atoms with Gasteiger partial charge >= 0.3 is 0 Å². The highest BCUT2D eigenvalue weighted by molar-refractivity contribution is 5.22. The second-order valence-corrected chi connectivity index (χ2v) is 5.26. The molecule has 0 amide bonds. The van der Waals surface area contributed by atoms with Gasteiger partial charge in [0, 0.05) is 24.3 Å². The van der Waals surface area contributed by atoms with E-state index in [-0.39, 0.29) is 5.54 Å². The Morgan fingerprint density at radius 1 is 1.39 bits per heavy atom. The first-order valence-electron chi connectivity index (χ1n) is 6.41. The van der Waals surface area contributed by atoms with Crippen molar-refractivity contribution >= 4 is 0 Å². The third-order valence-corrected chi connectivity index (χ3v) is 3.15. The Morgan fingerprint density at radius 2 is 2.11 bits per heavy atom. The maximum Gasteiger partial charge on any atom is 0.122 e. The molecule has 18 heavy (non-hydrogen) atoms. The summed E-state index contributed by atoms with van der Waals surface area (Å²) in [5, 5.41) is 3.26. The number of aromatic nitrogens is 1. The summed E-state index contributed by atoms with van der Waals surface area (Å²) in [5.41, 5.74) is 1.03. The van der Waals surface area contributed by atoms with Crippen LogP contribution in [0.1, 0.15) is 26.5 Å². The van der Waals surface area contributed by atoms with Crippen molar-refractivity contribution in [2.75, 3.05) is 27.2 Å². The number of nitrogens with zero attached hydrogens (tertiary/aromatic N) is 2. The second-order valence-electron chi connectivity index (χ2n) is 5.26.